The van der Waals surface area contributed by atoms with Crippen LogP contribution >= 0.6 is 46.2 Å². The summed E-state index contributed by atoms with van der Waals surface area (Å²) in [5.74, 6) is -2.44. The van der Waals surface area contributed by atoms with Gasteiger partial charge in [0.05, 0.1) is 11.7 Å². The number of fused-ring (bicyclic) bond motifs is 1. The Bertz CT molecular complexity index is 1170. The van der Waals surface area contributed by atoms with Gasteiger partial charge in [0.1, 0.15) is 29.2 Å². The number of thioether (sulfide) groups is 2. The molecular formula is C16H14N7NaO5S4. The normalized spacial score (nSPS) is 20.0. The van der Waals surface area contributed by atoms with Crippen molar-refractivity contribution >= 4 is 74.8 Å². The molecule has 2 atom stereocenters. The van der Waals surface area contributed by atoms with Gasteiger partial charge in [-0.25, -0.2) is 4.98 Å². The van der Waals surface area contributed by atoms with Crippen LogP contribution in [-0.2, 0) is 19.2 Å². The standard InChI is InChI=1S/C16H15N7O5S4.Na/c1-5-20-21-16(31-5)32-7-4-29-13-9(12(25)23(13)10(7)14(26)27)19-11(24)8(22-28-2)6-3-30-15(17)18-6;/h3,9,13H,4H2,1-2H3,(H2,17,18)(H,19,24)(H,26,27);/q;+1/p-1/b22-8+;. The molecule has 4 heterocycles. The molecule has 0 bridgehead atoms. The second-order valence-electron chi connectivity index (χ2n) is 6.30. The molecule has 4 rings (SSSR count). The van der Waals surface area contributed by atoms with Crippen molar-refractivity contribution < 1.29 is 53.9 Å². The molecule has 2 aromatic rings. The third-order valence-electron chi connectivity index (χ3n) is 4.29. The number of β-lactam (4-membered cyclic amide) rings is 1. The first kappa shape index (κ1) is 25.9. The molecule has 168 valence electrons. The molecule has 2 aliphatic heterocycles. The SMILES string of the molecule is CO/N=C(/C(=O)NC1C(=O)N2C(C(=O)[O-])=C(Sc3nnc(C)s3)CSC12)c1csc(N)n1.[Na+]. The molecular weight excluding hydrogens is 521 g/mol. The number of thiazole rings is 1. The van der Waals surface area contributed by atoms with Crippen molar-refractivity contribution in [2.24, 2.45) is 5.16 Å². The summed E-state index contributed by atoms with van der Waals surface area (Å²) in [5, 5.41) is 27.9. The first-order valence-corrected chi connectivity index (χ1v) is 12.4. The average molecular weight is 536 g/mol. The summed E-state index contributed by atoms with van der Waals surface area (Å²) in [6.45, 7) is 1.79. The molecule has 12 nitrogen and oxygen atoms in total. The van der Waals surface area contributed by atoms with Crippen LogP contribution in [0.15, 0.2) is 25.5 Å². The van der Waals surface area contributed by atoms with E-state index >= 15 is 0 Å². The summed E-state index contributed by atoms with van der Waals surface area (Å²) >= 11 is 4.89. The number of nitrogens with zero attached hydrogens (tertiary/aromatic N) is 5. The second kappa shape index (κ2) is 10.7. The summed E-state index contributed by atoms with van der Waals surface area (Å²) in [4.78, 5) is 47.7. The molecule has 0 aliphatic carbocycles. The Balaban J connectivity index is 0.00000306. The number of hydrogen-bond donors (Lipinski definition) is 2. The third kappa shape index (κ3) is 5.21. The Morgan fingerprint density at radius 2 is 2.18 bits per heavy atom. The molecule has 1 saturated heterocycles. The Morgan fingerprint density at radius 1 is 1.42 bits per heavy atom. The Kier molecular flexibility index (Phi) is 8.41. The van der Waals surface area contributed by atoms with Gasteiger partial charge in [0, 0.05) is 16.0 Å². The van der Waals surface area contributed by atoms with Crippen molar-refractivity contribution in [2.45, 2.75) is 22.7 Å². The van der Waals surface area contributed by atoms with E-state index in [0.29, 0.717) is 15.0 Å². The number of carboxylic acid groups (broad SMARTS) is 1. The van der Waals surface area contributed by atoms with Crippen molar-refractivity contribution in [3.8, 4) is 0 Å². The van der Waals surface area contributed by atoms with Crippen molar-refractivity contribution in [3.05, 3.63) is 26.7 Å². The number of rotatable bonds is 7. The zero-order valence-electron chi connectivity index (χ0n) is 17.4. The number of nitrogens with two attached hydrogens (primary N) is 1. The summed E-state index contributed by atoms with van der Waals surface area (Å²) in [5.41, 5.74) is 5.45. The molecule has 3 N–H and O–H groups in total. The maximum Gasteiger partial charge on any atom is 1.00 e. The van der Waals surface area contributed by atoms with Gasteiger partial charge in [0.25, 0.3) is 11.8 Å². The smallest absolute Gasteiger partial charge is 0.543 e. The fourth-order valence-electron chi connectivity index (χ4n) is 2.99. The van der Waals surface area contributed by atoms with Gasteiger partial charge in [0.2, 0.25) is 0 Å². The predicted molar refractivity (Wildman–Crippen MR) is 118 cm³/mol. The van der Waals surface area contributed by atoms with E-state index in [-0.39, 0.29) is 51.8 Å². The Hall–Kier alpha value is -1.69. The van der Waals surface area contributed by atoms with E-state index in [4.69, 9.17) is 10.6 Å². The van der Waals surface area contributed by atoms with Crippen LogP contribution in [0.5, 0.6) is 0 Å². The van der Waals surface area contributed by atoms with E-state index < -0.39 is 29.2 Å². The molecule has 1 fully saturated rings. The number of nitrogens with one attached hydrogen (secondary N) is 1. The maximum atomic E-state index is 12.8. The first-order valence-electron chi connectivity index (χ1n) is 8.80. The van der Waals surface area contributed by atoms with Gasteiger partial charge in [-0.05, 0) is 6.92 Å². The summed E-state index contributed by atoms with van der Waals surface area (Å²) in [6.07, 6.45) is 0. The molecule has 2 aromatic heterocycles. The van der Waals surface area contributed by atoms with E-state index in [2.05, 4.69) is 25.7 Å². The Labute approximate surface area is 225 Å². The van der Waals surface area contributed by atoms with Gasteiger partial charge in [-0.1, -0.05) is 28.3 Å². The van der Waals surface area contributed by atoms with Gasteiger partial charge in [-0.3, -0.25) is 14.5 Å². The van der Waals surface area contributed by atoms with Crippen LogP contribution in [-0.4, -0.2) is 67.9 Å². The van der Waals surface area contributed by atoms with Crippen LogP contribution in [0.1, 0.15) is 10.7 Å². The number of aryl methyl sites for hydroxylation is 1. The summed E-state index contributed by atoms with van der Waals surface area (Å²) in [6, 6.07) is -0.949. The number of oxime groups is 1. The van der Waals surface area contributed by atoms with Gasteiger partial charge in [0.15, 0.2) is 15.2 Å². The zero-order chi connectivity index (χ0) is 23.0. The van der Waals surface area contributed by atoms with Gasteiger partial charge in [-0.2, -0.15) is 0 Å². The monoisotopic (exact) mass is 535 g/mol. The zero-order valence-corrected chi connectivity index (χ0v) is 22.7. The van der Waals surface area contributed by atoms with E-state index in [9.17, 15) is 19.5 Å². The minimum Gasteiger partial charge on any atom is -0.543 e. The van der Waals surface area contributed by atoms with Crippen molar-refractivity contribution in [1.29, 1.82) is 0 Å². The maximum absolute atomic E-state index is 12.8. The van der Waals surface area contributed by atoms with Crippen LogP contribution in [0, 0.1) is 6.92 Å². The number of anilines is 1. The third-order valence-corrected chi connectivity index (χ3v) is 8.40. The average Bonchev–Trinajstić information content (AvgIpc) is 3.37. The minimum absolute atomic E-state index is 0. The second-order valence-corrected chi connectivity index (χ2v) is 10.8. The van der Waals surface area contributed by atoms with Crippen molar-refractivity contribution in [1.82, 2.24) is 25.4 Å². The van der Waals surface area contributed by atoms with Gasteiger partial charge in [-0.15, -0.1) is 33.3 Å². The van der Waals surface area contributed by atoms with Crippen LogP contribution in [0.2, 0.25) is 0 Å². The van der Waals surface area contributed by atoms with Crippen molar-refractivity contribution in [2.75, 3.05) is 18.6 Å². The molecule has 0 spiro atoms. The molecule has 2 aliphatic rings. The predicted octanol–water partition coefficient (Wildman–Crippen LogP) is -3.61. The van der Waals surface area contributed by atoms with E-state index in [1.807, 2.05) is 0 Å². The molecule has 2 unspecified atom stereocenters. The number of hydrogen-bond acceptors (Lipinski definition) is 14. The van der Waals surface area contributed by atoms with Gasteiger partial charge >= 0.3 is 29.6 Å². The largest absolute Gasteiger partial charge is 1.00 e. The van der Waals surface area contributed by atoms with E-state index in [1.165, 1.54) is 35.6 Å². The number of carbonyl (C=O) groups is 3. The first-order chi connectivity index (χ1) is 15.3. The molecule has 0 radical (unpaired) electrons. The van der Waals surface area contributed by atoms with Gasteiger partial charge < -0.3 is 25.8 Å². The quantitative estimate of drug-likeness (QED) is 0.155. The number of amides is 2. The van der Waals surface area contributed by atoms with Crippen LogP contribution in [0.3, 0.4) is 0 Å². The van der Waals surface area contributed by atoms with Crippen LogP contribution < -0.4 is 45.7 Å². The fourth-order valence-corrected chi connectivity index (χ4v) is 6.98. The van der Waals surface area contributed by atoms with Crippen LogP contribution in [0.25, 0.3) is 0 Å². The summed E-state index contributed by atoms with van der Waals surface area (Å²) < 4.78 is 0.566. The Morgan fingerprint density at radius 3 is 2.76 bits per heavy atom. The molecule has 0 saturated carbocycles. The van der Waals surface area contributed by atoms with Crippen LogP contribution in [0.4, 0.5) is 5.13 Å². The summed E-state index contributed by atoms with van der Waals surface area (Å²) in [7, 11) is 1.27. The van der Waals surface area contributed by atoms with Crippen molar-refractivity contribution in [3.63, 3.8) is 0 Å². The molecule has 33 heavy (non-hydrogen) atoms. The number of carbonyl (C=O) groups excluding carboxylic acids is 3. The topological polar surface area (TPSA) is 176 Å². The number of carboxylic acids is 1. The number of nitrogen functional groups attached to an aromatic ring is 1. The molecule has 2 amide bonds. The minimum atomic E-state index is -1.48. The van der Waals surface area contributed by atoms with E-state index in [1.54, 1.807) is 6.92 Å². The molecule has 17 heteroatoms. The number of aliphatic carboxylic acids is 1. The van der Waals surface area contributed by atoms with E-state index in [0.717, 1.165) is 33.0 Å². The molecule has 0 aromatic carbocycles. The fraction of sp³-hybridized carbons (Fsp3) is 0.312. The number of aromatic nitrogens is 3.